The van der Waals surface area contributed by atoms with Gasteiger partial charge in [0.2, 0.25) is 0 Å². The molecule has 0 bridgehead atoms. The van der Waals surface area contributed by atoms with Gasteiger partial charge in [0.15, 0.2) is 0 Å². The van der Waals surface area contributed by atoms with Gasteiger partial charge in [-0.05, 0) is 45.5 Å². The van der Waals surface area contributed by atoms with Crippen LogP contribution in [-0.4, -0.2) is 25.8 Å². The highest BCUT2D eigenvalue weighted by molar-refractivity contribution is 6.49. The van der Waals surface area contributed by atoms with E-state index in [-0.39, 0.29) is 11.0 Å². The fourth-order valence-corrected chi connectivity index (χ4v) is 1.07. The molecule has 0 aromatic heterocycles. The van der Waals surface area contributed by atoms with E-state index in [1.165, 1.54) is 5.57 Å². The Kier molecular flexibility index (Phi) is 5.66. The van der Waals surface area contributed by atoms with E-state index in [4.69, 9.17) is 4.65 Å². The first-order chi connectivity index (χ1) is 7.53. The molecule has 0 rings (SSSR count). The largest absolute Gasteiger partial charge is 0.429 e. The highest BCUT2D eigenvalue weighted by Gasteiger charge is 2.33. The average molecular weight is 236 g/mol. The zero-order valence-electron chi connectivity index (χ0n) is 12.9. The van der Waals surface area contributed by atoms with Crippen molar-refractivity contribution in [2.45, 2.75) is 61.0 Å². The summed E-state index contributed by atoms with van der Waals surface area (Å²) in [5, 5.41) is 0. The summed E-state index contributed by atoms with van der Waals surface area (Å²) in [6.07, 6.45) is 0. The van der Waals surface area contributed by atoms with Crippen molar-refractivity contribution in [3.05, 3.63) is 11.0 Å². The minimum Gasteiger partial charge on any atom is -0.429 e. The number of rotatable bonds is 4. The summed E-state index contributed by atoms with van der Waals surface area (Å²) in [5.41, 5.74) is 3.20. The second kappa shape index (κ2) is 5.86. The predicted molar refractivity (Wildman–Crippen MR) is 77.8 cm³/mol. The Morgan fingerprint density at radius 2 is 1.47 bits per heavy atom. The molecule has 97 valence electrons. The predicted octanol–water partition coefficient (Wildman–Crippen LogP) is 3.83. The van der Waals surface area contributed by atoms with Crippen molar-refractivity contribution in [1.82, 2.24) is 0 Å². The Labute approximate surface area is 108 Å². The van der Waals surface area contributed by atoms with E-state index in [2.05, 4.69) is 53.5 Å². The Hall–Kier alpha value is -0.565. The molecule has 0 aliphatic heterocycles. The van der Waals surface area contributed by atoms with Gasteiger partial charge in [0.05, 0.1) is 5.60 Å². The van der Waals surface area contributed by atoms with Gasteiger partial charge < -0.3 is 4.65 Å². The Morgan fingerprint density at radius 3 is 1.76 bits per heavy atom. The van der Waals surface area contributed by atoms with Crippen molar-refractivity contribution >= 4 is 13.2 Å². The Balaban J connectivity index is 4.83. The zero-order valence-corrected chi connectivity index (χ0v) is 12.9. The molecule has 0 fully saturated rings. The molecule has 0 N–H and O–H groups in total. The molecule has 0 aromatic carbocycles. The van der Waals surface area contributed by atoms with Crippen LogP contribution in [0, 0.1) is 5.41 Å². The topological polar surface area (TPSA) is 21.6 Å². The van der Waals surface area contributed by atoms with E-state index in [0.29, 0.717) is 0 Å². The second-order valence-corrected chi connectivity index (χ2v) is 6.22. The van der Waals surface area contributed by atoms with Gasteiger partial charge in [0, 0.05) is 12.8 Å². The standard InChI is InChI=1S/C14H27BNO/c1-10(2)12(11(3)16-9)15-17-14(7,8)13(4,5)6/h1-9H3. The Morgan fingerprint density at radius 1 is 1.00 bits per heavy atom. The molecule has 0 atom stereocenters. The van der Waals surface area contributed by atoms with Crippen molar-refractivity contribution in [3.63, 3.8) is 0 Å². The molecule has 2 nitrogen and oxygen atoms in total. The van der Waals surface area contributed by atoms with Gasteiger partial charge in [-0.3, -0.25) is 4.99 Å². The molecule has 0 aliphatic rings. The normalized spacial score (nSPS) is 13.6. The molecule has 0 heterocycles. The first kappa shape index (κ1) is 16.4. The maximum absolute atomic E-state index is 5.98. The molecule has 1 radical (unpaired) electrons. The van der Waals surface area contributed by atoms with Crippen LogP contribution >= 0.6 is 0 Å². The van der Waals surface area contributed by atoms with Crippen LogP contribution in [0.15, 0.2) is 16.0 Å². The lowest BCUT2D eigenvalue weighted by molar-refractivity contribution is 0.00451. The van der Waals surface area contributed by atoms with E-state index in [0.717, 1.165) is 11.2 Å². The average Bonchev–Trinajstić information content (AvgIpc) is 2.15. The molecule has 0 saturated carbocycles. The maximum Gasteiger partial charge on any atom is 0.332 e. The van der Waals surface area contributed by atoms with Crippen molar-refractivity contribution < 1.29 is 4.65 Å². The van der Waals surface area contributed by atoms with Crippen LogP contribution in [0.2, 0.25) is 0 Å². The van der Waals surface area contributed by atoms with Crippen LogP contribution < -0.4 is 0 Å². The molecule has 0 amide bonds. The van der Waals surface area contributed by atoms with Crippen LogP contribution in [0.5, 0.6) is 0 Å². The second-order valence-electron chi connectivity index (χ2n) is 6.22. The minimum atomic E-state index is -0.207. The van der Waals surface area contributed by atoms with Gasteiger partial charge in [-0.25, -0.2) is 0 Å². The van der Waals surface area contributed by atoms with Crippen molar-refractivity contribution in [1.29, 1.82) is 0 Å². The first-order valence-electron chi connectivity index (χ1n) is 6.15. The minimum absolute atomic E-state index is 0.0908. The SMILES string of the molecule is CN=C(C)C([B]OC(C)(C)C(C)(C)C)=C(C)C. The molecule has 17 heavy (non-hydrogen) atoms. The molecule has 0 saturated heterocycles. The van der Waals surface area contributed by atoms with Gasteiger partial charge >= 0.3 is 7.48 Å². The molecule has 0 unspecified atom stereocenters. The van der Waals surface area contributed by atoms with E-state index < -0.39 is 0 Å². The van der Waals surface area contributed by atoms with Crippen LogP contribution in [0.25, 0.3) is 0 Å². The number of hydrogen-bond donors (Lipinski definition) is 0. The number of hydrogen-bond acceptors (Lipinski definition) is 2. The number of aliphatic imine (C=N–C) groups is 1. The van der Waals surface area contributed by atoms with Gasteiger partial charge in [-0.1, -0.05) is 26.3 Å². The van der Waals surface area contributed by atoms with Crippen LogP contribution in [0.1, 0.15) is 55.4 Å². The molecular formula is C14H27BNO. The summed E-state index contributed by atoms with van der Waals surface area (Å²) in [7, 11) is 3.66. The summed E-state index contributed by atoms with van der Waals surface area (Å²) in [6.45, 7) is 16.9. The summed E-state index contributed by atoms with van der Waals surface area (Å²) in [5.74, 6) is 0. The lowest BCUT2D eigenvalue weighted by Crippen LogP contribution is -2.41. The third kappa shape index (κ3) is 4.67. The third-order valence-electron chi connectivity index (χ3n) is 3.54. The van der Waals surface area contributed by atoms with E-state index in [1.807, 2.05) is 14.4 Å². The van der Waals surface area contributed by atoms with Crippen LogP contribution in [0.3, 0.4) is 0 Å². The fraction of sp³-hybridized carbons (Fsp3) is 0.786. The number of allylic oxidation sites excluding steroid dienone is 2. The summed E-state index contributed by atoms with van der Waals surface area (Å²) in [6, 6.07) is 0. The lowest BCUT2D eigenvalue weighted by Gasteiger charge is -2.39. The van der Waals surface area contributed by atoms with Crippen LogP contribution in [0.4, 0.5) is 0 Å². The number of nitrogens with zero attached hydrogens (tertiary/aromatic N) is 1. The summed E-state index contributed by atoms with van der Waals surface area (Å²) < 4.78 is 5.98. The quantitative estimate of drug-likeness (QED) is 0.537. The summed E-state index contributed by atoms with van der Waals surface area (Å²) >= 11 is 0. The highest BCUT2D eigenvalue weighted by Crippen LogP contribution is 2.33. The molecule has 0 aliphatic carbocycles. The van der Waals surface area contributed by atoms with E-state index in [9.17, 15) is 0 Å². The van der Waals surface area contributed by atoms with Crippen molar-refractivity contribution in [2.75, 3.05) is 7.05 Å². The Bertz CT molecular complexity index is 318. The van der Waals surface area contributed by atoms with Crippen LogP contribution in [-0.2, 0) is 4.65 Å². The molecule has 0 aromatic rings. The lowest BCUT2D eigenvalue weighted by atomic mass is 9.74. The van der Waals surface area contributed by atoms with Crippen molar-refractivity contribution in [2.24, 2.45) is 10.4 Å². The maximum atomic E-state index is 5.98. The van der Waals surface area contributed by atoms with E-state index in [1.54, 1.807) is 7.05 Å². The molecule has 0 spiro atoms. The third-order valence-corrected chi connectivity index (χ3v) is 3.54. The van der Waals surface area contributed by atoms with Crippen molar-refractivity contribution in [3.8, 4) is 0 Å². The molecule has 3 heteroatoms. The van der Waals surface area contributed by atoms with Gasteiger partial charge in [0.1, 0.15) is 0 Å². The summed E-state index contributed by atoms with van der Waals surface area (Å²) in [4.78, 5) is 4.22. The van der Waals surface area contributed by atoms with E-state index >= 15 is 0 Å². The van der Waals surface area contributed by atoms with Gasteiger partial charge in [-0.2, -0.15) is 0 Å². The highest BCUT2D eigenvalue weighted by atomic mass is 16.5. The first-order valence-corrected chi connectivity index (χ1v) is 6.15. The fourth-order valence-electron chi connectivity index (χ4n) is 1.07. The zero-order chi connectivity index (χ0) is 13.9. The van der Waals surface area contributed by atoms with Gasteiger partial charge in [0.25, 0.3) is 0 Å². The smallest absolute Gasteiger partial charge is 0.332 e. The monoisotopic (exact) mass is 236 g/mol. The van der Waals surface area contributed by atoms with Gasteiger partial charge in [-0.15, -0.1) is 0 Å². The molecular weight excluding hydrogens is 209 g/mol.